The molecule has 0 fully saturated rings. The van der Waals surface area contributed by atoms with Crippen LogP contribution in [0.2, 0.25) is 0 Å². The van der Waals surface area contributed by atoms with Gasteiger partial charge in [-0.15, -0.1) is 3.97 Å². The lowest BCUT2D eigenvalue weighted by molar-refractivity contribution is 0.405. The third-order valence-corrected chi connectivity index (χ3v) is 17.3. The molecule has 0 radical (unpaired) electrons. The largest absolute Gasteiger partial charge is 0.496 e. The van der Waals surface area contributed by atoms with Crippen LogP contribution in [0, 0.1) is 0 Å². The van der Waals surface area contributed by atoms with E-state index in [1.165, 1.54) is 16.7 Å². The Morgan fingerprint density at radius 2 is 1.13 bits per heavy atom. The average molecular weight is 747 g/mol. The molecule has 0 unspecified atom stereocenters. The average Bonchev–Trinajstić information content (AvgIpc) is 3.05. The van der Waals surface area contributed by atoms with Crippen LogP contribution in [0.1, 0.15) is 123 Å². The second-order valence-corrected chi connectivity index (χ2v) is 23.1. The van der Waals surface area contributed by atoms with Gasteiger partial charge in [-0.2, -0.15) is 8.42 Å². The van der Waals surface area contributed by atoms with Gasteiger partial charge in [0.15, 0.2) is 11.1 Å². The summed E-state index contributed by atoms with van der Waals surface area (Å²) < 4.78 is 49.4. The van der Waals surface area contributed by atoms with Crippen LogP contribution in [0.25, 0.3) is 22.3 Å². The van der Waals surface area contributed by atoms with E-state index in [2.05, 4.69) is 95.2 Å². The Morgan fingerprint density at radius 3 is 1.60 bits per heavy atom. The molecule has 0 aromatic heterocycles. The lowest BCUT2D eigenvalue weighted by atomic mass is 9.81. The van der Waals surface area contributed by atoms with Crippen LogP contribution >= 0.6 is 7.49 Å². The van der Waals surface area contributed by atoms with Crippen LogP contribution < -0.4 is 20.5 Å². The van der Waals surface area contributed by atoms with Gasteiger partial charge in [0.25, 0.3) is 0 Å². The van der Waals surface area contributed by atoms with Crippen molar-refractivity contribution in [1.29, 1.82) is 0 Å². The third kappa shape index (κ3) is 7.93. The summed E-state index contributed by atoms with van der Waals surface area (Å²) in [5.41, 5.74) is 14.7. The first kappa shape index (κ1) is 41.4. The molecule has 0 saturated carbocycles. The standard InChI is InChI=1S/C44H61NO5PS/c1-28(2)32-25-35(29(3)4)40(36(26-32)30(5)6)41-38(48-13)23-24-39(49-14)42(41)51(43(7,8)9,44(10,11)12)50-52(46,47)27-31-19-15-16-20-33(31)34-21-17-18-22-37(34)45/h15-26,28-30H,27,45H2,1-14H3/q+1. The van der Waals surface area contributed by atoms with Crippen molar-refractivity contribution in [2.24, 2.45) is 0 Å². The number of anilines is 1. The molecular formula is C44H61NO5PS+. The van der Waals surface area contributed by atoms with E-state index in [-0.39, 0.29) is 17.6 Å². The van der Waals surface area contributed by atoms with Gasteiger partial charge in [-0.05, 0) is 111 Å². The number of rotatable bonds is 12. The molecule has 0 saturated heterocycles. The maximum atomic E-state index is 14.9. The SMILES string of the molecule is COc1ccc(OC)c([P+](OS(=O)(=O)Cc2ccccc2-c2ccccc2N)(C(C)(C)C)C(C)(C)C)c1-c1c(C(C)C)cc(C(C)C)cc1C(C)C. The highest BCUT2D eigenvalue weighted by molar-refractivity contribution is 7.96. The first-order valence-corrected chi connectivity index (χ1v) is 21.6. The van der Waals surface area contributed by atoms with Crippen molar-refractivity contribution < 1.29 is 21.9 Å². The molecule has 0 bridgehead atoms. The molecule has 8 heteroatoms. The maximum absolute atomic E-state index is 14.9. The van der Waals surface area contributed by atoms with Gasteiger partial charge in [-0.3, -0.25) is 0 Å². The fourth-order valence-corrected chi connectivity index (χ4v) is 16.3. The molecule has 0 spiro atoms. The van der Waals surface area contributed by atoms with Crippen LogP contribution in [0.5, 0.6) is 11.5 Å². The molecule has 2 N–H and O–H groups in total. The van der Waals surface area contributed by atoms with E-state index in [0.717, 1.165) is 27.6 Å². The van der Waals surface area contributed by atoms with Gasteiger partial charge in [-0.1, -0.05) is 96.1 Å². The molecule has 4 aromatic carbocycles. The zero-order chi connectivity index (χ0) is 39.0. The van der Waals surface area contributed by atoms with E-state index in [1.807, 2.05) is 60.7 Å². The van der Waals surface area contributed by atoms with Gasteiger partial charge in [0.2, 0.25) is 7.49 Å². The highest BCUT2D eigenvalue weighted by Gasteiger charge is 2.67. The Morgan fingerprint density at radius 1 is 0.654 bits per heavy atom. The van der Waals surface area contributed by atoms with Crippen LogP contribution in [-0.4, -0.2) is 32.9 Å². The van der Waals surface area contributed by atoms with Gasteiger partial charge < -0.3 is 15.2 Å². The fourth-order valence-electron chi connectivity index (χ4n) is 7.66. The number of nitrogen functional groups attached to an aromatic ring is 1. The first-order chi connectivity index (χ1) is 24.1. The molecule has 0 heterocycles. The minimum Gasteiger partial charge on any atom is -0.496 e. The second-order valence-electron chi connectivity index (χ2n) is 16.7. The third-order valence-electron chi connectivity index (χ3n) is 9.96. The zero-order valence-corrected chi connectivity index (χ0v) is 35.6. The van der Waals surface area contributed by atoms with Gasteiger partial charge >= 0.3 is 10.1 Å². The summed E-state index contributed by atoms with van der Waals surface area (Å²) >= 11 is 0. The van der Waals surface area contributed by atoms with Crippen LogP contribution in [0.4, 0.5) is 5.69 Å². The Balaban J connectivity index is 2.17. The van der Waals surface area contributed by atoms with E-state index >= 15 is 0 Å². The predicted molar refractivity (Wildman–Crippen MR) is 223 cm³/mol. The summed E-state index contributed by atoms with van der Waals surface area (Å²) in [7, 11) is -4.24. The summed E-state index contributed by atoms with van der Waals surface area (Å²) in [5, 5.41) is -0.590. The van der Waals surface area contributed by atoms with Crippen molar-refractivity contribution >= 4 is 28.6 Å². The molecule has 282 valence electrons. The van der Waals surface area contributed by atoms with Gasteiger partial charge in [-0.25, -0.2) is 0 Å². The van der Waals surface area contributed by atoms with Gasteiger partial charge in [0.05, 0.1) is 19.8 Å². The van der Waals surface area contributed by atoms with Crippen molar-refractivity contribution in [2.45, 2.75) is 117 Å². The Kier molecular flexibility index (Phi) is 12.4. The van der Waals surface area contributed by atoms with Crippen LogP contribution in [0.3, 0.4) is 0 Å². The minimum absolute atomic E-state index is 0.165. The molecule has 4 aromatic rings. The molecular weight excluding hydrogens is 686 g/mol. The smallest absolute Gasteiger partial charge is 0.303 e. The molecule has 0 atom stereocenters. The quantitative estimate of drug-likeness (QED) is 0.115. The Labute approximate surface area is 315 Å². The first-order valence-electron chi connectivity index (χ1n) is 18.3. The Bertz CT molecular complexity index is 1960. The van der Waals surface area contributed by atoms with Crippen molar-refractivity contribution in [3.8, 4) is 33.8 Å². The van der Waals surface area contributed by atoms with E-state index < -0.39 is 27.9 Å². The topological polar surface area (TPSA) is 87.9 Å². The van der Waals surface area contributed by atoms with Crippen molar-refractivity contribution in [1.82, 2.24) is 0 Å². The van der Waals surface area contributed by atoms with Crippen LogP contribution in [0.15, 0.2) is 72.8 Å². The summed E-state index contributed by atoms with van der Waals surface area (Å²) in [6, 6.07) is 23.5. The summed E-state index contributed by atoms with van der Waals surface area (Å²) in [6.45, 7) is 25.9. The number of ether oxygens (including phenoxy) is 2. The van der Waals surface area contributed by atoms with E-state index in [4.69, 9.17) is 19.2 Å². The number of hydrogen-bond donors (Lipinski definition) is 1. The Hall–Kier alpha value is -3.38. The number of methoxy groups -OCH3 is 2. The molecule has 6 nitrogen and oxygen atoms in total. The number of hydrogen-bond acceptors (Lipinski definition) is 6. The molecule has 4 rings (SSSR count). The van der Waals surface area contributed by atoms with E-state index in [9.17, 15) is 8.42 Å². The molecule has 0 amide bonds. The normalized spacial score (nSPS) is 12.9. The highest BCUT2D eigenvalue weighted by atomic mass is 32.2. The molecule has 52 heavy (non-hydrogen) atoms. The summed E-state index contributed by atoms with van der Waals surface area (Å²) in [6.07, 6.45) is 0. The van der Waals surface area contributed by atoms with Crippen molar-refractivity contribution in [3.05, 3.63) is 95.1 Å². The number of nitrogens with two attached hydrogens (primary N) is 1. The number of benzene rings is 4. The van der Waals surface area contributed by atoms with E-state index in [0.29, 0.717) is 28.7 Å². The van der Waals surface area contributed by atoms with Gasteiger partial charge in [0, 0.05) is 11.3 Å². The fraction of sp³-hybridized carbons (Fsp3) is 0.455. The maximum Gasteiger partial charge on any atom is 0.303 e. The molecule has 0 aliphatic rings. The zero-order valence-electron chi connectivity index (χ0n) is 33.8. The second kappa shape index (κ2) is 15.5. The van der Waals surface area contributed by atoms with Gasteiger partial charge in [0.1, 0.15) is 21.8 Å². The summed E-state index contributed by atoms with van der Waals surface area (Å²) in [4.78, 5) is 0. The highest BCUT2D eigenvalue weighted by Crippen LogP contribution is 2.79. The molecule has 0 aliphatic heterocycles. The summed E-state index contributed by atoms with van der Waals surface area (Å²) in [5.74, 6) is 1.57. The predicted octanol–water partition coefficient (Wildman–Crippen LogP) is 11.7. The molecule has 0 aliphatic carbocycles. The minimum atomic E-state index is -4.25. The monoisotopic (exact) mass is 746 g/mol. The van der Waals surface area contributed by atoms with Crippen molar-refractivity contribution in [2.75, 3.05) is 20.0 Å². The number of para-hydroxylation sites is 1. The lowest BCUT2D eigenvalue weighted by Crippen LogP contribution is -2.44. The van der Waals surface area contributed by atoms with E-state index in [1.54, 1.807) is 14.2 Å². The van der Waals surface area contributed by atoms with Crippen molar-refractivity contribution in [3.63, 3.8) is 0 Å². The van der Waals surface area contributed by atoms with Crippen LogP contribution in [-0.2, 0) is 19.8 Å². The lowest BCUT2D eigenvalue weighted by Gasteiger charge is -2.45.